The van der Waals surface area contributed by atoms with Gasteiger partial charge in [0.15, 0.2) is 0 Å². The zero-order valence-corrected chi connectivity index (χ0v) is 6.89. The second kappa shape index (κ2) is 3.98. The van der Waals surface area contributed by atoms with E-state index >= 15 is 0 Å². The molecular weight excluding hydrogens is 140 g/mol. The quantitative estimate of drug-likeness (QED) is 0.653. The van der Waals surface area contributed by atoms with Crippen LogP contribution in [0.15, 0.2) is 18.2 Å². The summed E-state index contributed by atoms with van der Waals surface area (Å²) in [6.45, 7) is 4.01. The summed E-state index contributed by atoms with van der Waals surface area (Å²) in [4.78, 5) is 0. The van der Waals surface area contributed by atoms with Crippen LogP contribution in [0.3, 0.4) is 0 Å². The van der Waals surface area contributed by atoms with E-state index in [0.29, 0.717) is 5.75 Å². The Morgan fingerprint density at radius 3 is 2.45 bits per heavy atom. The lowest BCUT2D eigenvalue weighted by Crippen LogP contribution is -1.80. The maximum absolute atomic E-state index is 9.14. The van der Waals surface area contributed by atoms with E-state index in [9.17, 15) is 0 Å². The first-order valence-corrected chi connectivity index (χ1v) is 3.52. The molecule has 0 aromatic heterocycles. The molecule has 0 radical (unpaired) electrons. The van der Waals surface area contributed by atoms with Gasteiger partial charge in [-0.05, 0) is 30.5 Å². The number of benzene rings is 1. The molecule has 0 amide bonds. The van der Waals surface area contributed by atoms with Crippen molar-refractivity contribution in [2.24, 2.45) is 0 Å². The molecule has 0 atom stereocenters. The average Bonchev–Trinajstić information content (AvgIpc) is 1.95. The summed E-state index contributed by atoms with van der Waals surface area (Å²) in [6.07, 6.45) is 1.03. The van der Waals surface area contributed by atoms with Crippen LogP contribution in [-0.2, 0) is 6.42 Å². The number of hydrogen-bond acceptors (Lipinski definition) is 1. The Balaban J connectivity index is 0.000001000. The van der Waals surface area contributed by atoms with Crippen molar-refractivity contribution in [2.45, 2.75) is 20.3 Å². The minimum absolute atomic E-state index is 0. The lowest BCUT2D eigenvalue weighted by molar-refractivity contribution is 0.471. The van der Waals surface area contributed by atoms with E-state index in [4.69, 9.17) is 5.11 Å². The summed E-state index contributed by atoms with van der Waals surface area (Å²) >= 11 is 0. The number of hydrogen-bond donors (Lipinski definition) is 1. The van der Waals surface area contributed by atoms with Crippen molar-refractivity contribution in [3.05, 3.63) is 29.3 Å². The van der Waals surface area contributed by atoms with E-state index in [1.807, 2.05) is 19.1 Å². The van der Waals surface area contributed by atoms with Crippen molar-refractivity contribution < 1.29 is 10.6 Å². The minimum atomic E-state index is 0. The van der Waals surface area contributed by atoms with E-state index in [-0.39, 0.29) is 5.48 Å². The number of phenolic OH excluding ortho intramolecular Hbond substituents is 1. The van der Waals surface area contributed by atoms with Crippen molar-refractivity contribution in [1.29, 1.82) is 0 Å². The Labute approximate surface area is 66.8 Å². The molecule has 1 rings (SSSR count). The van der Waals surface area contributed by atoms with Gasteiger partial charge in [0.05, 0.1) is 0 Å². The Kier molecular flexibility index (Phi) is 3.61. The molecule has 1 aromatic carbocycles. The predicted octanol–water partition coefficient (Wildman–Crippen LogP) is 1.44. The van der Waals surface area contributed by atoms with Gasteiger partial charge in [-0.25, -0.2) is 0 Å². The first kappa shape index (κ1) is 9.98. The van der Waals surface area contributed by atoms with Crippen LogP contribution < -0.4 is 0 Å². The Hall–Kier alpha value is -1.02. The molecule has 0 bridgehead atoms. The number of phenols is 1. The zero-order chi connectivity index (χ0) is 7.56. The van der Waals surface area contributed by atoms with Gasteiger partial charge >= 0.3 is 0 Å². The van der Waals surface area contributed by atoms with Crippen molar-refractivity contribution in [3.8, 4) is 5.75 Å². The fraction of sp³-hybridized carbons (Fsp3) is 0.333. The molecule has 2 heteroatoms. The molecule has 0 aliphatic heterocycles. The van der Waals surface area contributed by atoms with E-state index in [2.05, 4.69) is 6.92 Å². The molecule has 0 spiro atoms. The maximum Gasteiger partial charge on any atom is 0.118 e. The SMILES string of the molecule is CCc1ccc(O)c(C)c1.O. The van der Waals surface area contributed by atoms with Crippen LogP contribution in [0.5, 0.6) is 5.75 Å². The monoisotopic (exact) mass is 154 g/mol. The summed E-state index contributed by atoms with van der Waals surface area (Å²) in [6, 6.07) is 5.70. The molecule has 11 heavy (non-hydrogen) atoms. The molecule has 0 saturated heterocycles. The third-order valence-corrected chi connectivity index (χ3v) is 1.67. The molecule has 0 aliphatic carbocycles. The van der Waals surface area contributed by atoms with Crippen LogP contribution in [0.2, 0.25) is 0 Å². The van der Waals surface area contributed by atoms with Gasteiger partial charge in [0.1, 0.15) is 5.75 Å². The largest absolute Gasteiger partial charge is 0.508 e. The molecule has 0 saturated carbocycles. The zero-order valence-electron chi connectivity index (χ0n) is 6.89. The standard InChI is InChI=1S/C9H12O.H2O/c1-3-8-4-5-9(10)7(2)6-8;/h4-6,10H,3H2,1-2H3;1H2. The average molecular weight is 154 g/mol. The number of aryl methyl sites for hydroxylation is 2. The lowest BCUT2D eigenvalue weighted by Gasteiger charge is -1.99. The highest BCUT2D eigenvalue weighted by molar-refractivity contribution is 5.34. The van der Waals surface area contributed by atoms with Gasteiger partial charge in [0.25, 0.3) is 0 Å². The molecule has 0 aliphatic rings. The van der Waals surface area contributed by atoms with Crippen LogP contribution in [0.1, 0.15) is 18.1 Å². The van der Waals surface area contributed by atoms with Gasteiger partial charge in [-0.15, -0.1) is 0 Å². The van der Waals surface area contributed by atoms with Crippen LogP contribution in [0.25, 0.3) is 0 Å². The van der Waals surface area contributed by atoms with Gasteiger partial charge < -0.3 is 10.6 Å². The fourth-order valence-corrected chi connectivity index (χ4v) is 0.937. The topological polar surface area (TPSA) is 51.7 Å². The molecule has 3 N–H and O–H groups in total. The lowest BCUT2D eigenvalue weighted by atomic mass is 10.1. The molecule has 1 aromatic rings. The normalized spacial score (nSPS) is 8.91. The molecule has 62 valence electrons. The van der Waals surface area contributed by atoms with Gasteiger partial charge in [-0.1, -0.05) is 19.1 Å². The highest BCUT2D eigenvalue weighted by Gasteiger charge is 1.94. The van der Waals surface area contributed by atoms with Crippen molar-refractivity contribution in [1.82, 2.24) is 0 Å². The van der Waals surface area contributed by atoms with Gasteiger partial charge in [-0.3, -0.25) is 0 Å². The van der Waals surface area contributed by atoms with Gasteiger partial charge in [0, 0.05) is 0 Å². The molecule has 0 fully saturated rings. The third kappa shape index (κ3) is 2.24. The second-order valence-electron chi connectivity index (χ2n) is 2.47. The van der Waals surface area contributed by atoms with E-state index in [1.54, 1.807) is 6.07 Å². The second-order valence-corrected chi connectivity index (χ2v) is 2.47. The molecule has 0 unspecified atom stereocenters. The number of rotatable bonds is 1. The smallest absolute Gasteiger partial charge is 0.118 e. The summed E-state index contributed by atoms with van der Waals surface area (Å²) in [5.74, 6) is 0.386. The minimum Gasteiger partial charge on any atom is -0.508 e. The first-order chi connectivity index (χ1) is 4.74. The molecule has 2 nitrogen and oxygen atoms in total. The predicted molar refractivity (Wildman–Crippen MR) is 45.8 cm³/mol. The first-order valence-electron chi connectivity index (χ1n) is 3.52. The molecular formula is C9H14O2. The highest BCUT2D eigenvalue weighted by atomic mass is 16.3. The van der Waals surface area contributed by atoms with E-state index in [0.717, 1.165) is 12.0 Å². The van der Waals surface area contributed by atoms with Gasteiger partial charge in [-0.2, -0.15) is 0 Å². The van der Waals surface area contributed by atoms with E-state index < -0.39 is 0 Å². The maximum atomic E-state index is 9.14. The van der Waals surface area contributed by atoms with Crippen LogP contribution in [0, 0.1) is 6.92 Å². The molecule has 0 heterocycles. The van der Waals surface area contributed by atoms with Crippen molar-refractivity contribution >= 4 is 0 Å². The summed E-state index contributed by atoms with van der Waals surface area (Å²) in [7, 11) is 0. The van der Waals surface area contributed by atoms with Crippen LogP contribution >= 0.6 is 0 Å². The van der Waals surface area contributed by atoms with Crippen LogP contribution in [0.4, 0.5) is 0 Å². The van der Waals surface area contributed by atoms with Gasteiger partial charge in [0.2, 0.25) is 0 Å². The van der Waals surface area contributed by atoms with Crippen LogP contribution in [-0.4, -0.2) is 10.6 Å². The Morgan fingerprint density at radius 2 is 2.00 bits per heavy atom. The summed E-state index contributed by atoms with van der Waals surface area (Å²) < 4.78 is 0. The highest BCUT2D eigenvalue weighted by Crippen LogP contribution is 2.16. The third-order valence-electron chi connectivity index (χ3n) is 1.67. The summed E-state index contributed by atoms with van der Waals surface area (Å²) in [5, 5.41) is 9.14. The number of aromatic hydroxyl groups is 1. The Morgan fingerprint density at radius 1 is 1.36 bits per heavy atom. The fourth-order valence-electron chi connectivity index (χ4n) is 0.937. The Bertz CT molecular complexity index is 231. The van der Waals surface area contributed by atoms with Crippen molar-refractivity contribution in [2.75, 3.05) is 0 Å². The van der Waals surface area contributed by atoms with E-state index in [1.165, 1.54) is 5.56 Å². The van der Waals surface area contributed by atoms with Crippen molar-refractivity contribution in [3.63, 3.8) is 0 Å². The summed E-state index contributed by atoms with van der Waals surface area (Å²) in [5.41, 5.74) is 2.23.